The van der Waals surface area contributed by atoms with E-state index in [0.717, 1.165) is 12.2 Å². The van der Waals surface area contributed by atoms with Crippen molar-refractivity contribution >= 4 is 16.9 Å². The first-order chi connectivity index (χ1) is 6.68. The van der Waals surface area contributed by atoms with Gasteiger partial charge in [-0.1, -0.05) is 57.4 Å². The fourth-order valence-electron chi connectivity index (χ4n) is 1.17. The molecule has 0 radical (unpaired) electrons. The molecule has 0 spiro atoms. The van der Waals surface area contributed by atoms with Crippen LogP contribution in [0.3, 0.4) is 0 Å². The average molecular weight is 214 g/mol. The number of thioether (sulfide) groups is 1. The first-order valence-corrected chi connectivity index (χ1v) is 6.49. The Morgan fingerprint density at radius 2 is 1.71 bits per heavy atom. The molecule has 0 saturated carbocycles. The van der Waals surface area contributed by atoms with E-state index >= 15 is 0 Å². The Morgan fingerprint density at radius 1 is 1.14 bits per heavy atom. The monoisotopic (exact) mass is 214 g/mol. The van der Waals surface area contributed by atoms with E-state index < -0.39 is 0 Å². The minimum absolute atomic E-state index is 0.151. The standard InChI is InChI=1S/C12H22OS/c1-4-5-6-7-8-9-10-14-12(13)11(2)3/h2,4-10H2,1,3H3. The molecule has 0 aromatic rings. The molecular formula is C12H22OS. The predicted molar refractivity (Wildman–Crippen MR) is 65.7 cm³/mol. The molecule has 1 nitrogen and oxygen atoms in total. The highest BCUT2D eigenvalue weighted by molar-refractivity contribution is 8.14. The van der Waals surface area contributed by atoms with Crippen LogP contribution in [0.2, 0.25) is 0 Å². The second-order valence-electron chi connectivity index (χ2n) is 3.68. The van der Waals surface area contributed by atoms with Gasteiger partial charge in [-0.2, -0.15) is 0 Å². The third-order valence-corrected chi connectivity index (χ3v) is 3.18. The maximum atomic E-state index is 11.1. The molecule has 0 aliphatic carbocycles. The minimum atomic E-state index is 0.151. The van der Waals surface area contributed by atoms with Crippen molar-refractivity contribution in [2.45, 2.75) is 52.4 Å². The molecule has 0 saturated heterocycles. The second-order valence-corrected chi connectivity index (χ2v) is 4.75. The number of carbonyl (C=O) groups is 1. The molecule has 0 heterocycles. The Bertz CT molecular complexity index is 175. The van der Waals surface area contributed by atoms with Gasteiger partial charge in [-0.25, -0.2) is 0 Å². The normalized spacial score (nSPS) is 10.1. The fourth-order valence-corrected chi connectivity index (χ4v) is 1.95. The molecule has 14 heavy (non-hydrogen) atoms. The SMILES string of the molecule is C=C(C)C(=O)SCCCCCCCC. The van der Waals surface area contributed by atoms with Gasteiger partial charge in [-0.05, 0) is 18.9 Å². The lowest BCUT2D eigenvalue weighted by molar-refractivity contribution is -0.107. The molecule has 2 heteroatoms. The van der Waals surface area contributed by atoms with E-state index in [9.17, 15) is 4.79 Å². The van der Waals surface area contributed by atoms with E-state index in [2.05, 4.69) is 13.5 Å². The summed E-state index contributed by atoms with van der Waals surface area (Å²) >= 11 is 1.41. The van der Waals surface area contributed by atoms with Crippen LogP contribution < -0.4 is 0 Å². The van der Waals surface area contributed by atoms with Gasteiger partial charge in [0, 0.05) is 5.75 Å². The summed E-state index contributed by atoms with van der Waals surface area (Å²) in [6, 6.07) is 0. The van der Waals surface area contributed by atoms with Crippen molar-refractivity contribution in [2.24, 2.45) is 0 Å². The topological polar surface area (TPSA) is 17.1 Å². The van der Waals surface area contributed by atoms with Gasteiger partial charge >= 0.3 is 0 Å². The summed E-state index contributed by atoms with van der Waals surface area (Å²) in [7, 11) is 0. The Balaban J connectivity index is 3.13. The molecule has 0 rings (SSSR count). The van der Waals surface area contributed by atoms with Crippen molar-refractivity contribution in [2.75, 3.05) is 5.75 Å². The highest BCUT2D eigenvalue weighted by Crippen LogP contribution is 2.13. The number of hydrogen-bond donors (Lipinski definition) is 0. The lowest BCUT2D eigenvalue weighted by atomic mass is 10.1. The Labute approximate surface area is 92.3 Å². The van der Waals surface area contributed by atoms with Gasteiger partial charge in [0.05, 0.1) is 0 Å². The highest BCUT2D eigenvalue weighted by Gasteiger charge is 2.01. The number of rotatable bonds is 8. The van der Waals surface area contributed by atoms with E-state index in [-0.39, 0.29) is 5.12 Å². The van der Waals surface area contributed by atoms with Crippen molar-refractivity contribution in [3.63, 3.8) is 0 Å². The molecular weight excluding hydrogens is 192 g/mol. The summed E-state index contributed by atoms with van der Waals surface area (Å²) in [6.07, 6.45) is 7.72. The Morgan fingerprint density at radius 3 is 2.29 bits per heavy atom. The summed E-state index contributed by atoms with van der Waals surface area (Å²) in [5, 5.41) is 0.151. The molecule has 0 aliphatic heterocycles. The van der Waals surface area contributed by atoms with Crippen LogP contribution in [0.25, 0.3) is 0 Å². The summed E-state index contributed by atoms with van der Waals surface area (Å²) in [5.74, 6) is 0.956. The van der Waals surface area contributed by atoms with Gasteiger partial charge in [0.15, 0.2) is 0 Å². The third-order valence-electron chi connectivity index (χ3n) is 2.08. The van der Waals surface area contributed by atoms with Crippen molar-refractivity contribution in [1.82, 2.24) is 0 Å². The number of carbonyl (C=O) groups excluding carboxylic acids is 1. The summed E-state index contributed by atoms with van der Waals surface area (Å²) in [5.41, 5.74) is 0.668. The van der Waals surface area contributed by atoms with Crippen LogP contribution in [0.5, 0.6) is 0 Å². The smallest absolute Gasteiger partial charge is 0.214 e. The molecule has 0 N–H and O–H groups in total. The summed E-state index contributed by atoms with van der Waals surface area (Å²) in [4.78, 5) is 11.1. The van der Waals surface area contributed by atoms with Crippen molar-refractivity contribution in [3.05, 3.63) is 12.2 Å². The van der Waals surface area contributed by atoms with E-state index in [4.69, 9.17) is 0 Å². The van der Waals surface area contributed by atoms with Crippen LogP contribution in [0.15, 0.2) is 12.2 Å². The Kier molecular flexibility index (Phi) is 9.16. The second kappa shape index (κ2) is 9.32. The summed E-state index contributed by atoms with van der Waals surface area (Å²) in [6.45, 7) is 7.62. The van der Waals surface area contributed by atoms with Crippen molar-refractivity contribution in [1.29, 1.82) is 0 Å². The largest absolute Gasteiger partial charge is 0.282 e. The first-order valence-electron chi connectivity index (χ1n) is 5.51. The lowest BCUT2D eigenvalue weighted by Gasteiger charge is -2.00. The fraction of sp³-hybridized carbons (Fsp3) is 0.750. The maximum Gasteiger partial charge on any atom is 0.214 e. The van der Waals surface area contributed by atoms with E-state index in [1.165, 1.54) is 43.9 Å². The van der Waals surface area contributed by atoms with Crippen LogP contribution >= 0.6 is 11.8 Å². The zero-order valence-corrected chi connectivity index (χ0v) is 10.3. The molecule has 0 unspecified atom stereocenters. The quantitative estimate of drug-likeness (QED) is 0.445. The van der Waals surface area contributed by atoms with Gasteiger partial charge < -0.3 is 0 Å². The molecule has 0 aromatic carbocycles. The average Bonchev–Trinajstić information content (AvgIpc) is 2.16. The molecule has 0 bridgehead atoms. The van der Waals surface area contributed by atoms with Gasteiger partial charge in [-0.3, -0.25) is 4.79 Å². The van der Waals surface area contributed by atoms with Gasteiger partial charge in [0.1, 0.15) is 0 Å². The van der Waals surface area contributed by atoms with Crippen molar-refractivity contribution < 1.29 is 4.79 Å². The van der Waals surface area contributed by atoms with E-state index in [1.54, 1.807) is 6.92 Å². The predicted octanol–water partition coefficient (Wildman–Crippen LogP) is 4.18. The molecule has 82 valence electrons. The molecule has 0 fully saturated rings. The molecule has 0 amide bonds. The first kappa shape index (κ1) is 13.8. The minimum Gasteiger partial charge on any atom is -0.282 e. The van der Waals surface area contributed by atoms with E-state index in [1.807, 2.05) is 0 Å². The van der Waals surface area contributed by atoms with Crippen molar-refractivity contribution in [3.8, 4) is 0 Å². The Hall–Kier alpha value is -0.240. The third kappa shape index (κ3) is 8.36. The molecule has 0 aliphatic rings. The van der Waals surface area contributed by atoms with Crippen LogP contribution in [0.1, 0.15) is 52.4 Å². The zero-order valence-electron chi connectivity index (χ0n) is 9.47. The van der Waals surface area contributed by atoms with E-state index in [0.29, 0.717) is 5.57 Å². The van der Waals surface area contributed by atoms with Crippen LogP contribution in [-0.4, -0.2) is 10.9 Å². The van der Waals surface area contributed by atoms with Crippen LogP contribution in [-0.2, 0) is 4.79 Å². The number of unbranched alkanes of at least 4 members (excludes halogenated alkanes) is 5. The maximum absolute atomic E-state index is 11.1. The van der Waals surface area contributed by atoms with Gasteiger partial charge in [0.25, 0.3) is 0 Å². The molecule has 0 atom stereocenters. The molecule has 0 aromatic heterocycles. The highest BCUT2D eigenvalue weighted by atomic mass is 32.2. The summed E-state index contributed by atoms with van der Waals surface area (Å²) < 4.78 is 0. The van der Waals surface area contributed by atoms with Gasteiger partial charge in [-0.15, -0.1) is 0 Å². The lowest BCUT2D eigenvalue weighted by Crippen LogP contribution is -1.93. The van der Waals surface area contributed by atoms with Crippen LogP contribution in [0, 0.1) is 0 Å². The van der Waals surface area contributed by atoms with Crippen LogP contribution in [0.4, 0.5) is 0 Å². The van der Waals surface area contributed by atoms with Gasteiger partial charge in [0.2, 0.25) is 5.12 Å². The number of hydrogen-bond acceptors (Lipinski definition) is 2. The zero-order chi connectivity index (χ0) is 10.8.